The van der Waals surface area contributed by atoms with Crippen LogP contribution in [0.3, 0.4) is 0 Å². The van der Waals surface area contributed by atoms with Gasteiger partial charge in [0, 0.05) is 30.1 Å². The number of hydrogen-bond acceptors (Lipinski definition) is 4. The SMILES string of the molecule is COc1cc(Nc2ncccc2Cl)cc(OC)c1. The molecule has 0 atom stereocenters. The number of nitrogens with zero attached hydrogens (tertiary/aromatic N) is 1. The molecule has 0 aliphatic heterocycles. The van der Waals surface area contributed by atoms with Crippen LogP contribution in [0.4, 0.5) is 11.5 Å². The van der Waals surface area contributed by atoms with E-state index in [1.807, 2.05) is 12.1 Å². The molecule has 1 aromatic carbocycles. The molecule has 0 spiro atoms. The summed E-state index contributed by atoms with van der Waals surface area (Å²) in [7, 11) is 3.21. The Morgan fingerprint density at radius 1 is 1.11 bits per heavy atom. The summed E-state index contributed by atoms with van der Waals surface area (Å²) in [5.74, 6) is 1.99. The fraction of sp³-hybridized carbons (Fsp3) is 0.154. The standard InChI is InChI=1S/C13H13ClN2O2/c1-17-10-6-9(7-11(8-10)18-2)16-13-12(14)4-3-5-15-13/h3-8H,1-2H3,(H,15,16). The monoisotopic (exact) mass is 264 g/mol. The van der Waals surface area contributed by atoms with Gasteiger partial charge < -0.3 is 14.8 Å². The zero-order valence-corrected chi connectivity index (χ0v) is 10.9. The van der Waals surface area contributed by atoms with Crippen LogP contribution < -0.4 is 14.8 Å². The molecule has 0 saturated carbocycles. The highest BCUT2D eigenvalue weighted by Gasteiger charge is 2.05. The number of benzene rings is 1. The minimum Gasteiger partial charge on any atom is -0.497 e. The van der Waals surface area contributed by atoms with Crippen molar-refractivity contribution < 1.29 is 9.47 Å². The van der Waals surface area contributed by atoms with E-state index < -0.39 is 0 Å². The van der Waals surface area contributed by atoms with E-state index in [0.717, 1.165) is 5.69 Å². The van der Waals surface area contributed by atoms with Crippen molar-refractivity contribution in [2.75, 3.05) is 19.5 Å². The Morgan fingerprint density at radius 2 is 1.78 bits per heavy atom. The fourth-order valence-corrected chi connectivity index (χ4v) is 1.66. The average Bonchev–Trinajstić information content (AvgIpc) is 2.41. The second-order valence-electron chi connectivity index (χ2n) is 3.56. The molecule has 0 aliphatic rings. The Labute approximate surface area is 111 Å². The smallest absolute Gasteiger partial charge is 0.149 e. The third kappa shape index (κ3) is 2.84. The van der Waals surface area contributed by atoms with Crippen molar-refractivity contribution in [2.24, 2.45) is 0 Å². The number of anilines is 2. The van der Waals surface area contributed by atoms with Crippen LogP contribution in [0.1, 0.15) is 0 Å². The molecule has 2 rings (SSSR count). The van der Waals surface area contributed by atoms with Crippen molar-refractivity contribution in [1.29, 1.82) is 0 Å². The number of nitrogens with one attached hydrogen (secondary N) is 1. The maximum absolute atomic E-state index is 6.03. The van der Waals surface area contributed by atoms with Gasteiger partial charge in [0.05, 0.1) is 19.2 Å². The Bertz CT molecular complexity index is 524. The van der Waals surface area contributed by atoms with Crippen LogP contribution >= 0.6 is 11.6 Å². The summed E-state index contributed by atoms with van der Waals surface area (Å²) in [5.41, 5.74) is 0.798. The minimum atomic E-state index is 0.555. The summed E-state index contributed by atoms with van der Waals surface area (Å²) in [4.78, 5) is 4.16. The summed E-state index contributed by atoms with van der Waals surface area (Å²) in [6.07, 6.45) is 1.67. The molecule has 0 fully saturated rings. The van der Waals surface area contributed by atoms with E-state index in [-0.39, 0.29) is 0 Å². The summed E-state index contributed by atoms with van der Waals surface area (Å²) >= 11 is 6.03. The third-order valence-corrected chi connectivity index (χ3v) is 2.68. The third-order valence-electron chi connectivity index (χ3n) is 2.37. The molecule has 0 radical (unpaired) electrons. The molecule has 5 heteroatoms. The van der Waals surface area contributed by atoms with E-state index in [4.69, 9.17) is 21.1 Å². The molecule has 0 amide bonds. The highest BCUT2D eigenvalue weighted by atomic mass is 35.5. The van der Waals surface area contributed by atoms with Crippen molar-refractivity contribution in [1.82, 2.24) is 4.98 Å². The average molecular weight is 265 g/mol. The van der Waals surface area contributed by atoms with Gasteiger partial charge in [-0.25, -0.2) is 4.98 Å². The van der Waals surface area contributed by atoms with E-state index in [0.29, 0.717) is 22.3 Å². The van der Waals surface area contributed by atoms with Crippen LogP contribution in [0.25, 0.3) is 0 Å². The molecule has 4 nitrogen and oxygen atoms in total. The molecule has 1 heterocycles. The van der Waals surface area contributed by atoms with Gasteiger partial charge in [0.15, 0.2) is 0 Å². The molecule has 0 bridgehead atoms. The molecule has 94 valence electrons. The van der Waals surface area contributed by atoms with Gasteiger partial charge in [0.2, 0.25) is 0 Å². The van der Waals surface area contributed by atoms with E-state index >= 15 is 0 Å². The zero-order chi connectivity index (χ0) is 13.0. The Kier molecular flexibility index (Phi) is 3.89. The Balaban J connectivity index is 2.31. The molecular formula is C13H13ClN2O2. The van der Waals surface area contributed by atoms with Gasteiger partial charge in [0.1, 0.15) is 17.3 Å². The van der Waals surface area contributed by atoms with Crippen molar-refractivity contribution in [3.05, 3.63) is 41.6 Å². The summed E-state index contributed by atoms with van der Waals surface area (Å²) in [6, 6.07) is 9.03. The molecule has 18 heavy (non-hydrogen) atoms. The number of rotatable bonds is 4. The minimum absolute atomic E-state index is 0.555. The number of pyridine rings is 1. The largest absolute Gasteiger partial charge is 0.497 e. The van der Waals surface area contributed by atoms with Crippen molar-refractivity contribution in [2.45, 2.75) is 0 Å². The first-order valence-corrected chi connectivity index (χ1v) is 5.71. The number of aromatic nitrogens is 1. The summed E-state index contributed by atoms with van der Waals surface area (Å²) < 4.78 is 10.4. The predicted molar refractivity (Wildman–Crippen MR) is 72.1 cm³/mol. The first-order chi connectivity index (χ1) is 8.72. The van der Waals surface area contributed by atoms with E-state index in [1.165, 1.54) is 0 Å². The highest BCUT2D eigenvalue weighted by Crippen LogP contribution is 2.29. The Hall–Kier alpha value is -1.94. The lowest BCUT2D eigenvalue weighted by Crippen LogP contribution is -1.96. The molecule has 1 N–H and O–H groups in total. The van der Waals surface area contributed by atoms with Gasteiger partial charge in [-0.2, -0.15) is 0 Å². The quantitative estimate of drug-likeness (QED) is 0.918. The second-order valence-corrected chi connectivity index (χ2v) is 3.97. The van der Waals surface area contributed by atoms with Gasteiger partial charge in [-0.1, -0.05) is 11.6 Å². The number of hydrogen-bond donors (Lipinski definition) is 1. The molecule has 2 aromatic rings. The van der Waals surface area contributed by atoms with E-state index in [1.54, 1.807) is 38.6 Å². The maximum atomic E-state index is 6.03. The molecule has 0 aliphatic carbocycles. The fourth-order valence-electron chi connectivity index (χ4n) is 1.49. The highest BCUT2D eigenvalue weighted by molar-refractivity contribution is 6.33. The van der Waals surface area contributed by atoms with Crippen LogP contribution in [0.15, 0.2) is 36.5 Å². The first kappa shape index (κ1) is 12.5. The van der Waals surface area contributed by atoms with E-state index in [2.05, 4.69) is 10.3 Å². The molecule has 0 saturated heterocycles. The van der Waals surface area contributed by atoms with Gasteiger partial charge in [0.25, 0.3) is 0 Å². The zero-order valence-electron chi connectivity index (χ0n) is 10.1. The molecule has 1 aromatic heterocycles. The van der Waals surface area contributed by atoms with Gasteiger partial charge >= 0.3 is 0 Å². The van der Waals surface area contributed by atoms with Crippen LogP contribution in [0.5, 0.6) is 11.5 Å². The van der Waals surface area contributed by atoms with Crippen LogP contribution in [-0.4, -0.2) is 19.2 Å². The lowest BCUT2D eigenvalue weighted by Gasteiger charge is -2.10. The first-order valence-electron chi connectivity index (χ1n) is 5.33. The summed E-state index contributed by atoms with van der Waals surface area (Å²) in [6.45, 7) is 0. The van der Waals surface area contributed by atoms with Crippen LogP contribution in [0, 0.1) is 0 Å². The molecular weight excluding hydrogens is 252 g/mol. The lowest BCUT2D eigenvalue weighted by molar-refractivity contribution is 0.395. The van der Waals surface area contributed by atoms with Crippen LogP contribution in [-0.2, 0) is 0 Å². The van der Waals surface area contributed by atoms with Crippen LogP contribution in [0.2, 0.25) is 5.02 Å². The van der Waals surface area contributed by atoms with Crippen molar-refractivity contribution >= 4 is 23.1 Å². The number of halogens is 1. The normalized spacial score (nSPS) is 9.94. The lowest BCUT2D eigenvalue weighted by atomic mass is 10.2. The van der Waals surface area contributed by atoms with Crippen molar-refractivity contribution in [3.8, 4) is 11.5 Å². The van der Waals surface area contributed by atoms with E-state index in [9.17, 15) is 0 Å². The maximum Gasteiger partial charge on any atom is 0.149 e. The van der Waals surface area contributed by atoms with Gasteiger partial charge in [-0.15, -0.1) is 0 Å². The topological polar surface area (TPSA) is 43.4 Å². The van der Waals surface area contributed by atoms with Gasteiger partial charge in [-0.3, -0.25) is 0 Å². The second kappa shape index (κ2) is 5.60. The van der Waals surface area contributed by atoms with Crippen molar-refractivity contribution in [3.63, 3.8) is 0 Å². The molecule has 0 unspecified atom stereocenters. The number of methoxy groups -OCH3 is 2. The Morgan fingerprint density at radius 3 is 2.33 bits per heavy atom. The predicted octanol–water partition coefficient (Wildman–Crippen LogP) is 3.50. The number of ether oxygens (including phenoxy) is 2. The summed E-state index contributed by atoms with van der Waals surface area (Å²) in [5, 5.41) is 3.67. The van der Waals surface area contributed by atoms with Gasteiger partial charge in [-0.05, 0) is 12.1 Å².